The minimum atomic E-state index is -0.746. The minimum absolute atomic E-state index is 0.0797. The van der Waals surface area contributed by atoms with Crippen LogP contribution in [0, 0.1) is 10.1 Å². The average molecular weight is 498 g/mol. The van der Waals surface area contributed by atoms with E-state index in [-0.39, 0.29) is 17.1 Å². The Morgan fingerprint density at radius 2 is 1.89 bits per heavy atom. The van der Waals surface area contributed by atoms with Gasteiger partial charge in [-0.1, -0.05) is 18.2 Å². The van der Waals surface area contributed by atoms with Gasteiger partial charge in [-0.2, -0.15) is 5.10 Å². The van der Waals surface area contributed by atoms with E-state index >= 15 is 0 Å². The van der Waals surface area contributed by atoms with Gasteiger partial charge < -0.3 is 10.1 Å². The van der Waals surface area contributed by atoms with Crippen molar-refractivity contribution in [2.75, 3.05) is 11.9 Å². The van der Waals surface area contributed by atoms with Crippen LogP contribution >= 0.6 is 31.9 Å². The number of anilines is 1. The molecular weight excluding hydrogens is 488 g/mol. The Labute approximate surface area is 168 Å². The first-order valence-electron chi connectivity index (χ1n) is 7.40. The van der Waals surface area contributed by atoms with Gasteiger partial charge in [-0.15, -0.1) is 0 Å². The van der Waals surface area contributed by atoms with Gasteiger partial charge in [0, 0.05) is 26.5 Å². The summed E-state index contributed by atoms with van der Waals surface area (Å²) in [4.78, 5) is 34.5. The molecule has 27 heavy (non-hydrogen) atoms. The fourth-order valence-corrected chi connectivity index (χ4v) is 3.64. The summed E-state index contributed by atoms with van der Waals surface area (Å²) in [5.41, 5.74) is 0.888. The van der Waals surface area contributed by atoms with Crippen LogP contribution in [0.2, 0.25) is 0 Å². The lowest BCUT2D eigenvalue weighted by molar-refractivity contribution is -0.385. The number of esters is 1. The molecule has 0 aliphatic carbocycles. The number of benzene rings is 2. The number of H-pyrrole nitrogens is 1. The predicted molar refractivity (Wildman–Crippen MR) is 104 cm³/mol. The summed E-state index contributed by atoms with van der Waals surface area (Å²) in [6.07, 6.45) is 0. The number of aromatic nitrogens is 2. The highest BCUT2D eigenvalue weighted by atomic mass is 79.9. The molecule has 0 fully saturated rings. The van der Waals surface area contributed by atoms with Crippen molar-refractivity contribution in [1.82, 2.24) is 10.2 Å². The second-order valence-corrected chi connectivity index (χ2v) is 6.99. The number of rotatable bonds is 5. The van der Waals surface area contributed by atoms with E-state index in [4.69, 9.17) is 4.74 Å². The minimum Gasteiger partial charge on any atom is -0.451 e. The third-order valence-corrected chi connectivity index (χ3v) is 4.75. The Hall–Kier alpha value is -2.79. The molecule has 1 amide bonds. The predicted octanol–water partition coefficient (Wildman–Crippen LogP) is 3.79. The van der Waals surface area contributed by atoms with Crippen LogP contribution in [0.1, 0.15) is 10.5 Å². The molecule has 0 saturated carbocycles. The van der Waals surface area contributed by atoms with E-state index in [0.717, 1.165) is 0 Å². The summed E-state index contributed by atoms with van der Waals surface area (Å²) in [6.45, 7) is -0.546. The molecular formula is C16H10Br2N4O5. The van der Waals surface area contributed by atoms with E-state index < -0.39 is 23.4 Å². The van der Waals surface area contributed by atoms with Crippen LogP contribution < -0.4 is 5.32 Å². The number of hydrogen-bond acceptors (Lipinski definition) is 6. The monoisotopic (exact) mass is 496 g/mol. The number of non-ortho nitro benzene ring substituents is 1. The van der Waals surface area contributed by atoms with Crippen LogP contribution in [0.15, 0.2) is 45.3 Å². The van der Waals surface area contributed by atoms with Gasteiger partial charge in [0.2, 0.25) is 0 Å². The zero-order chi connectivity index (χ0) is 19.6. The van der Waals surface area contributed by atoms with Gasteiger partial charge in [-0.05, 0) is 37.9 Å². The number of ether oxygens (including phenoxy) is 1. The fraction of sp³-hybridized carbons (Fsp3) is 0.0625. The number of nitrogens with one attached hydrogen (secondary N) is 2. The van der Waals surface area contributed by atoms with Gasteiger partial charge in [0.15, 0.2) is 12.3 Å². The van der Waals surface area contributed by atoms with E-state index in [1.165, 1.54) is 12.1 Å². The number of para-hydroxylation sites is 1. The summed E-state index contributed by atoms with van der Waals surface area (Å²) in [5, 5.41) is 20.5. The molecule has 3 aromatic rings. The Balaban J connectivity index is 1.66. The number of halogens is 2. The third kappa shape index (κ3) is 4.14. The van der Waals surface area contributed by atoms with Crippen molar-refractivity contribution in [2.24, 2.45) is 0 Å². The lowest BCUT2D eigenvalue weighted by Gasteiger charge is -2.10. The van der Waals surface area contributed by atoms with Gasteiger partial charge >= 0.3 is 5.97 Å². The van der Waals surface area contributed by atoms with Crippen LogP contribution in [0.25, 0.3) is 10.9 Å². The number of carbonyl (C=O) groups is 2. The lowest BCUT2D eigenvalue weighted by Crippen LogP contribution is -2.21. The van der Waals surface area contributed by atoms with Crippen molar-refractivity contribution < 1.29 is 19.2 Å². The van der Waals surface area contributed by atoms with Crippen molar-refractivity contribution in [3.8, 4) is 0 Å². The summed E-state index contributed by atoms with van der Waals surface area (Å²) in [6, 6.07) is 9.52. The zero-order valence-corrected chi connectivity index (χ0v) is 16.5. The summed E-state index contributed by atoms with van der Waals surface area (Å²) in [5.74, 6) is -1.36. The topological polar surface area (TPSA) is 127 Å². The smallest absolute Gasteiger partial charge is 0.359 e. The Morgan fingerprint density at radius 1 is 1.22 bits per heavy atom. The fourth-order valence-electron chi connectivity index (χ4n) is 2.28. The quantitative estimate of drug-likeness (QED) is 0.313. The zero-order valence-electron chi connectivity index (χ0n) is 13.4. The highest BCUT2D eigenvalue weighted by Gasteiger charge is 2.19. The third-order valence-electron chi connectivity index (χ3n) is 3.50. The van der Waals surface area contributed by atoms with Crippen LogP contribution in [0.4, 0.5) is 11.4 Å². The number of nitrogens with zero attached hydrogens (tertiary/aromatic N) is 2. The largest absolute Gasteiger partial charge is 0.451 e. The van der Waals surface area contributed by atoms with Crippen LogP contribution in [0.5, 0.6) is 0 Å². The number of hydrogen-bond donors (Lipinski definition) is 2. The number of carbonyl (C=O) groups excluding carboxylic acids is 2. The van der Waals surface area contributed by atoms with E-state index in [0.29, 0.717) is 19.8 Å². The second-order valence-electron chi connectivity index (χ2n) is 5.28. The maximum Gasteiger partial charge on any atom is 0.359 e. The van der Waals surface area contributed by atoms with Gasteiger partial charge in [0.25, 0.3) is 11.6 Å². The van der Waals surface area contributed by atoms with E-state index in [2.05, 4.69) is 47.4 Å². The number of fused-ring (bicyclic) bond motifs is 1. The van der Waals surface area contributed by atoms with Crippen molar-refractivity contribution >= 4 is 66.0 Å². The van der Waals surface area contributed by atoms with Crippen LogP contribution in [-0.4, -0.2) is 33.6 Å². The van der Waals surface area contributed by atoms with Gasteiger partial charge in [-0.3, -0.25) is 20.0 Å². The molecule has 2 N–H and O–H groups in total. The molecule has 0 radical (unpaired) electrons. The molecule has 0 aliphatic heterocycles. The highest BCUT2D eigenvalue weighted by molar-refractivity contribution is 9.11. The maximum absolute atomic E-state index is 12.2. The molecule has 9 nitrogen and oxygen atoms in total. The van der Waals surface area contributed by atoms with E-state index in [1.54, 1.807) is 24.3 Å². The number of aromatic amines is 1. The van der Waals surface area contributed by atoms with Crippen molar-refractivity contribution in [2.45, 2.75) is 0 Å². The molecule has 0 bridgehead atoms. The molecule has 1 aromatic heterocycles. The maximum atomic E-state index is 12.2. The standard InChI is InChI=1S/C16H10Br2N4O5/c17-10-5-8(22(25)26)6-11(18)15(10)19-13(23)7-27-16(24)14-9-3-1-2-4-12(9)20-21-14/h1-6H,7H2,(H,19,23)(H,20,21). The van der Waals surface area contributed by atoms with Gasteiger partial charge in [-0.25, -0.2) is 4.79 Å². The molecule has 138 valence electrons. The molecule has 0 atom stereocenters. The molecule has 0 aliphatic rings. The first kappa shape index (κ1) is 19.0. The van der Waals surface area contributed by atoms with Crippen molar-refractivity contribution in [3.05, 3.63) is 61.2 Å². The highest BCUT2D eigenvalue weighted by Crippen LogP contribution is 2.35. The van der Waals surface area contributed by atoms with Gasteiger partial charge in [0.05, 0.1) is 16.1 Å². The Bertz CT molecular complexity index is 1040. The Kier molecular flexibility index (Phi) is 5.51. The summed E-state index contributed by atoms with van der Waals surface area (Å²) in [7, 11) is 0. The van der Waals surface area contributed by atoms with Crippen LogP contribution in [-0.2, 0) is 9.53 Å². The molecule has 11 heteroatoms. The Morgan fingerprint density at radius 3 is 2.56 bits per heavy atom. The lowest BCUT2D eigenvalue weighted by atomic mass is 10.2. The normalized spacial score (nSPS) is 10.6. The summed E-state index contributed by atoms with van der Waals surface area (Å²) < 4.78 is 5.61. The average Bonchev–Trinajstić information content (AvgIpc) is 3.06. The number of amides is 1. The molecule has 0 saturated heterocycles. The number of nitro benzene ring substituents is 1. The molecule has 1 heterocycles. The SMILES string of the molecule is O=C(COC(=O)c1n[nH]c2ccccc12)Nc1c(Br)cc([N+](=O)[O-])cc1Br. The molecule has 3 rings (SSSR count). The summed E-state index contributed by atoms with van der Waals surface area (Å²) >= 11 is 6.32. The molecule has 0 spiro atoms. The first-order chi connectivity index (χ1) is 12.9. The van der Waals surface area contributed by atoms with E-state index in [1.807, 2.05) is 0 Å². The molecule has 0 unspecified atom stereocenters. The first-order valence-corrected chi connectivity index (χ1v) is 8.99. The number of nitro groups is 1. The molecule has 2 aromatic carbocycles. The van der Waals surface area contributed by atoms with Crippen molar-refractivity contribution in [3.63, 3.8) is 0 Å². The van der Waals surface area contributed by atoms with E-state index in [9.17, 15) is 19.7 Å². The second kappa shape index (κ2) is 7.84. The van der Waals surface area contributed by atoms with Crippen LogP contribution in [0.3, 0.4) is 0 Å². The van der Waals surface area contributed by atoms with Gasteiger partial charge in [0.1, 0.15) is 0 Å². The van der Waals surface area contributed by atoms with Crippen molar-refractivity contribution in [1.29, 1.82) is 0 Å².